The fourth-order valence-corrected chi connectivity index (χ4v) is 4.59. The molecule has 0 saturated heterocycles. The highest BCUT2D eigenvalue weighted by atomic mass is 35.5. The van der Waals surface area contributed by atoms with Crippen LogP contribution in [0.5, 0.6) is 0 Å². The van der Waals surface area contributed by atoms with Crippen LogP contribution in [0.15, 0.2) is 41.3 Å². The Bertz CT molecular complexity index is 1090. The molecule has 1 amide bonds. The topological polar surface area (TPSA) is 110 Å². The zero-order valence-electron chi connectivity index (χ0n) is 17.4. The quantitative estimate of drug-likeness (QED) is 0.525. The number of aryl methyl sites for hydroxylation is 2. The third-order valence-electron chi connectivity index (χ3n) is 4.12. The van der Waals surface area contributed by atoms with Crippen LogP contribution in [0.1, 0.15) is 31.9 Å². The van der Waals surface area contributed by atoms with Gasteiger partial charge in [-0.3, -0.25) is 19.2 Å². The summed E-state index contributed by atoms with van der Waals surface area (Å²) in [5, 5.41) is 13.8. The van der Waals surface area contributed by atoms with E-state index in [2.05, 4.69) is 5.32 Å². The fourth-order valence-electron chi connectivity index (χ4n) is 2.89. The number of hydrogen-bond donors (Lipinski definition) is 1. The molecule has 0 aliphatic carbocycles. The summed E-state index contributed by atoms with van der Waals surface area (Å²) in [7, 11) is -4.30. The number of rotatable bonds is 6. The molecule has 0 aliphatic heterocycles. The molecular weight excluding hydrogens is 430 g/mol. The van der Waals surface area contributed by atoms with E-state index in [1.54, 1.807) is 45.9 Å². The number of hydrogen-bond acceptors (Lipinski definition) is 5. The average molecular weight is 454 g/mol. The molecule has 0 atom stereocenters. The lowest BCUT2D eigenvalue weighted by atomic mass is 10.1. The van der Waals surface area contributed by atoms with Crippen LogP contribution in [0, 0.1) is 24.0 Å². The molecule has 0 spiro atoms. The van der Waals surface area contributed by atoms with Gasteiger partial charge in [0.15, 0.2) is 0 Å². The number of sulfonamides is 1. The maximum absolute atomic E-state index is 13.4. The molecule has 2 aromatic carbocycles. The van der Waals surface area contributed by atoms with Crippen LogP contribution >= 0.6 is 11.6 Å². The van der Waals surface area contributed by atoms with E-state index < -0.39 is 38.6 Å². The normalized spacial score (nSPS) is 11.8. The third kappa shape index (κ3) is 5.48. The minimum atomic E-state index is -4.30. The summed E-state index contributed by atoms with van der Waals surface area (Å²) in [6.07, 6.45) is 0. The molecular formula is C20H24ClN3O5S. The Morgan fingerprint density at radius 3 is 2.33 bits per heavy atom. The molecule has 162 valence electrons. The first-order valence-corrected chi connectivity index (χ1v) is 10.9. The molecule has 0 aromatic heterocycles. The Labute approximate surface area is 181 Å². The van der Waals surface area contributed by atoms with Gasteiger partial charge >= 0.3 is 0 Å². The van der Waals surface area contributed by atoms with Crippen LogP contribution in [0.4, 0.5) is 11.4 Å². The lowest BCUT2D eigenvalue weighted by Gasteiger charge is -2.28. The molecule has 2 rings (SSSR count). The van der Waals surface area contributed by atoms with Gasteiger partial charge in [0, 0.05) is 11.6 Å². The van der Waals surface area contributed by atoms with Crippen LogP contribution < -0.4 is 9.62 Å². The lowest BCUT2D eigenvalue weighted by Crippen LogP contribution is -2.47. The van der Waals surface area contributed by atoms with Crippen molar-refractivity contribution in [1.82, 2.24) is 5.32 Å². The van der Waals surface area contributed by atoms with Crippen LogP contribution in [-0.4, -0.2) is 31.3 Å². The standard InChI is InChI=1S/C20H24ClN3O5S/c1-13-6-9-17(14(2)10-13)23(12-19(25)22-20(3,4)5)30(28,29)15-7-8-16(21)18(11-15)24(26)27/h6-11H,12H2,1-5H3,(H,22,25). The summed E-state index contributed by atoms with van der Waals surface area (Å²) in [5.41, 5.74) is 0.786. The number of carbonyl (C=O) groups excluding carboxylic acids is 1. The molecule has 10 heteroatoms. The van der Waals surface area contributed by atoms with Gasteiger partial charge in [0.2, 0.25) is 5.91 Å². The summed E-state index contributed by atoms with van der Waals surface area (Å²) < 4.78 is 27.8. The summed E-state index contributed by atoms with van der Waals surface area (Å²) in [4.78, 5) is 22.7. The van der Waals surface area contributed by atoms with E-state index in [0.717, 1.165) is 22.0 Å². The van der Waals surface area contributed by atoms with E-state index in [9.17, 15) is 23.3 Å². The molecule has 0 fully saturated rings. The highest BCUT2D eigenvalue weighted by Gasteiger charge is 2.31. The first-order chi connectivity index (χ1) is 13.7. The molecule has 0 saturated carbocycles. The Hall–Kier alpha value is -2.65. The molecule has 8 nitrogen and oxygen atoms in total. The number of carbonyl (C=O) groups is 1. The van der Waals surface area contributed by atoms with Crippen molar-refractivity contribution in [2.75, 3.05) is 10.8 Å². The number of nitrogens with zero attached hydrogens (tertiary/aromatic N) is 2. The molecule has 0 unspecified atom stereocenters. The largest absolute Gasteiger partial charge is 0.350 e. The molecule has 2 aromatic rings. The lowest BCUT2D eigenvalue weighted by molar-refractivity contribution is -0.384. The summed E-state index contributed by atoms with van der Waals surface area (Å²) in [6, 6.07) is 8.37. The van der Waals surface area contributed by atoms with Crippen molar-refractivity contribution in [1.29, 1.82) is 0 Å². The van der Waals surface area contributed by atoms with E-state index in [1.165, 1.54) is 6.07 Å². The number of amides is 1. The van der Waals surface area contributed by atoms with Crippen molar-refractivity contribution in [3.63, 3.8) is 0 Å². The van der Waals surface area contributed by atoms with Gasteiger partial charge in [-0.2, -0.15) is 0 Å². The van der Waals surface area contributed by atoms with Crippen molar-refractivity contribution >= 4 is 38.9 Å². The Morgan fingerprint density at radius 2 is 1.80 bits per heavy atom. The molecule has 0 aliphatic rings. The van der Waals surface area contributed by atoms with Gasteiger partial charge in [-0.05, 0) is 58.4 Å². The highest BCUT2D eigenvalue weighted by molar-refractivity contribution is 7.92. The maximum atomic E-state index is 13.4. The molecule has 1 N–H and O–H groups in total. The predicted molar refractivity (Wildman–Crippen MR) is 116 cm³/mol. The van der Waals surface area contributed by atoms with Crippen molar-refractivity contribution in [3.8, 4) is 0 Å². The molecule has 30 heavy (non-hydrogen) atoms. The van der Waals surface area contributed by atoms with Gasteiger partial charge in [-0.1, -0.05) is 29.3 Å². The van der Waals surface area contributed by atoms with E-state index in [-0.39, 0.29) is 9.92 Å². The number of benzene rings is 2. The summed E-state index contributed by atoms with van der Waals surface area (Å²) in [5.74, 6) is -0.505. The minimum Gasteiger partial charge on any atom is -0.350 e. The van der Waals surface area contributed by atoms with Crippen LogP contribution in [-0.2, 0) is 14.8 Å². The monoisotopic (exact) mass is 453 g/mol. The van der Waals surface area contributed by atoms with Crippen LogP contribution in [0.25, 0.3) is 0 Å². The van der Waals surface area contributed by atoms with Gasteiger partial charge < -0.3 is 5.32 Å². The van der Waals surface area contributed by atoms with Gasteiger partial charge in [-0.15, -0.1) is 0 Å². The number of nitrogens with one attached hydrogen (secondary N) is 1. The van der Waals surface area contributed by atoms with E-state index in [1.807, 2.05) is 6.92 Å². The van der Waals surface area contributed by atoms with Gasteiger partial charge in [0.25, 0.3) is 15.7 Å². The van der Waals surface area contributed by atoms with Gasteiger partial charge in [0.05, 0.1) is 15.5 Å². The summed E-state index contributed by atoms with van der Waals surface area (Å²) >= 11 is 5.82. The van der Waals surface area contributed by atoms with Crippen molar-refractivity contribution in [2.45, 2.75) is 45.1 Å². The van der Waals surface area contributed by atoms with Crippen molar-refractivity contribution in [2.24, 2.45) is 0 Å². The second-order valence-corrected chi connectivity index (χ2v) is 10.2. The number of nitro groups is 1. The third-order valence-corrected chi connectivity index (χ3v) is 6.20. The first kappa shape index (κ1) is 23.6. The van der Waals surface area contributed by atoms with Gasteiger partial charge in [0.1, 0.15) is 11.6 Å². The minimum absolute atomic E-state index is 0.178. The van der Waals surface area contributed by atoms with Gasteiger partial charge in [-0.25, -0.2) is 8.42 Å². The zero-order chi connectivity index (χ0) is 22.9. The molecule has 0 radical (unpaired) electrons. The Kier molecular flexibility index (Phi) is 6.78. The number of anilines is 1. The van der Waals surface area contributed by atoms with E-state index in [0.29, 0.717) is 11.3 Å². The average Bonchev–Trinajstić information content (AvgIpc) is 2.58. The van der Waals surface area contributed by atoms with Crippen LogP contribution in [0.3, 0.4) is 0 Å². The van der Waals surface area contributed by atoms with Crippen molar-refractivity contribution in [3.05, 3.63) is 62.7 Å². The Morgan fingerprint density at radius 1 is 1.17 bits per heavy atom. The van der Waals surface area contributed by atoms with E-state index >= 15 is 0 Å². The second-order valence-electron chi connectivity index (χ2n) is 7.97. The Balaban J connectivity index is 2.61. The zero-order valence-corrected chi connectivity index (χ0v) is 19.0. The molecule has 0 bridgehead atoms. The second kappa shape index (κ2) is 8.61. The number of halogens is 1. The van der Waals surface area contributed by atoms with Crippen molar-refractivity contribution < 1.29 is 18.1 Å². The SMILES string of the molecule is Cc1ccc(N(CC(=O)NC(C)(C)C)S(=O)(=O)c2ccc(Cl)c([N+](=O)[O-])c2)c(C)c1. The highest BCUT2D eigenvalue weighted by Crippen LogP contribution is 2.32. The summed E-state index contributed by atoms with van der Waals surface area (Å²) in [6.45, 7) is 8.46. The maximum Gasteiger partial charge on any atom is 0.289 e. The predicted octanol–water partition coefficient (Wildman–Crippen LogP) is 3.98. The van der Waals surface area contributed by atoms with E-state index in [4.69, 9.17) is 11.6 Å². The first-order valence-electron chi connectivity index (χ1n) is 9.07. The fraction of sp³-hybridized carbons (Fsp3) is 0.350. The number of nitro benzene ring substituents is 1. The van der Waals surface area contributed by atoms with Crippen LogP contribution in [0.2, 0.25) is 5.02 Å². The smallest absolute Gasteiger partial charge is 0.289 e. The molecule has 0 heterocycles.